The van der Waals surface area contributed by atoms with E-state index >= 15 is 0 Å². The van der Waals surface area contributed by atoms with Crippen LogP contribution < -0.4 is 14.6 Å². The summed E-state index contributed by atoms with van der Waals surface area (Å²) in [6, 6.07) is 16.2. The van der Waals surface area contributed by atoms with Crippen molar-refractivity contribution in [2.45, 2.75) is 6.92 Å². The first kappa shape index (κ1) is 18.8. The van der Waals surface area contributed by atoms with E-state index in [1.807, 2.05) is 30.3 Å². The lowest BCUT2D eigenvalue weighted by atomic mass is 10.0. The van der Waals surface area contributed by atoms with Crippen molar-refractivity contribution in [1.82, 2.24) is 9.97 Å². The monoisotopic (exact) mass is 407 g/mol. The van der Waals surface area contributed by atoms with Crippen LogP contribution >= 0.6 is 11.6 Å². The Bertz CT molecular complexity index is 1230. The topological polar surface area (TPSA) is 87.3 Å². The molecular formula is C22H16ClN2O4-. The number of carboxylic acid groups (broad SMARTS) is 1. The van der Waals surface area contributed by atoms with Gasteiger partial charge in [0.15, 0.2) is 0 Å². The molecule has 0 aliphatic heterocycles. The predicted molar refractivity (Wildman–Crippen MR) is 109 cm³/mol. The molecule has 0 saturated heterocycles. The Kier molecular flexibility index (Phi) is 4.86. The van der Waals surface area contributed by atoms with Crippen LogP contribution in [0.5, 0.6) is 17.5 Å². The number of rotatable bonds is 5. The van der Waals surface area contributed by atoms with Crippen LogP contribution in [0.1, 0.15) is 15.9 Å². The highest BCUT2D eigenvalue weighted by atomic mass is 35.5. The van der Waals surface area contributed by atoms with Gasteiger partial charge in [0.05, 0.1) is 29.1 Å². The third-order valence-corrected chi connectivity index (χ3v) is 4.89. The smallest absolute Gasteiger partial charge is 0.300 e. The van der Waals surface area contributed by atoms with Crippen molar-refractivity contribution < 1.29 is 19.4 Å². The maximum Gasteiger partial charge on any atom is 0.300 e. The van der Waals surface area contributed by atoms with E-state index in [0.717, 1.165) is 16.9 Å². The summed E-state index contributed by atoms with van der Waals surface area (Å²) in [7, 11) is 1.61. The molecular weight excluding hydrogens is 392 g/mol. The number of aromatic nitrogens is 2. The number of fused-ring (bicyclic) bond motifs is 1. The zero-order valence-electron chi connectivity index (χ0n) is 15.7. The lowest BCUT2D eigenvalue weighted by molar-refractivity contribution is -0.255. The molecule has 29 heavy (non-hydrogen) atoms. The fourth-order valence-electron chi connectivity index (χ4n) is 3.06. The Morgan fingerprint density at radius 2 is 1.93 bits per heavy atom. The largest absolute Gasteiger partial charge is 0.545 e. The number of ether oxygens (including phenoxy) is 2. The number of imidazole rings is 1. The van der Waals surface area contributed by atoms with Gasteiger partial charge >= 0.3 is 0 Å². The van der Waals surface area contributed by atoms with Gasteiger partial charge in [0.25, 0.3) is 6.01 Å². The molecule has 0 atom stereocenters. The zero-order valence-corrected chi connectivity index (χ0v) is 16.4. The second-order valence-electron chi connectivity index (χ2n) is 6.49. The first-order valence-electron chi connectivity index (χ1n) is 8.78. The Morgan fingerprint density at radius 1 is 1.10 bits per heavy atom. The third kappa shape index (κ3) is 3.75. The van der Waals surface area contributed by atoms with Crippen molar-refractivity contribution in [3.8, 4) is 28.6 Å². The predicted octanol–water partition coefficient (Wildman–Crippen LogP) is 4.36. The maximum atomic E-state index is 11.2. The van der Waals surface area contributed by atoms with Gasteiger partial charge in [-0.05, 0) is 54.4 Å². The van der Waals surface area contributed by atoms with Crippen molar-refractivity contribution in [1.29, 1.82) is 0 Å². The van der Waals surface area contributed by atoms with Gasteiger partial charge in [-0.25, -0.2) is 0 Å². The number of aromatic amines is 1. The van der Waals surface area contributed by atoms with Crippen molar-refractivity contribution in [3.05, 3.63) is 70.7 Å². The highest BCUT2D eigenvalue weighted by Crippen LogP contribution is 2.34. The Hall–Kier alpha value is -3.51. The molecule has 0 spiro atoms. The number of H-pyrrole nitrogens is 1. The van der Waals surface area contributed by atoms with Gasteiger partial charge in [-0.15, -0.1) is 0 Å². The summed E-state index contributed by atoms with van der Waals surface area (Å²) in [5.74, 6) is -0.187. The van der Waals surface area contributed by atoms with Crippen LogP contribution in [0.15, 0.2) is 54.6 Å². The summed E-state index contributed by atoms with van der Waals surface area (Å²) >= 11 is 6.47. The number of carboxylic acids is 1. The minimum atomic E-state index is -1.26. The van der Waals surface area contributed by atoms with E-state index in [2.05, 4.69) is 9.97 Å². The Labute approximate surface area is 171 Å². The van der Waals surface area contributed by atoms with Crippen LogP contribution in [-0.2, 0) is 0 Å². The number of nitrogens with zero attached hydrogens (tertiary/aromatic N) is 1. The molecule has 7 heteroatoms. The quantitative estimate of drug-likeness (QED) is 0.531. The lowest BCUT2D eigenvalue weighted by Gasteiger charge is -2.09. The summed E-state index contributed by atoms with van der Waals surface area (Å²) in [4.78, 5) is 18.7. The minimum absolute atomic E-state index is 0.0713. The number of carbonyl (C=O) groups is 1. The zero-order chi connectivity index (χ0) is 20.5. The van der Waals surface area contributed by atoms with Crippen molar-refractivity contribution in [3.63, 3.8) is 0 Å². The molecule has 1 heterocycles. The second kappa shape index (κ2) is 7.48. The third-order valence-electron chi connectivity index (χ3n) is 4.57. The number of hydrogen-bond donors (Lipinski definition) is 1. The van der Waals surface area contributed by atoms with E-state index in [4.69, 9.17) is 21.1 Å². The lowest BCUT2D eigenvalue weighted by Crippen LogP contribution is -2.23. The molecule has 6 nitrogen and oxygen atoms in total. The maximum absolute atomic E-state index is 11.2. The normalized spacial score (nSPS) is 10.9. The van der Waals surface area contributed by atoms with Gasteiger partial charge in [-0.1, -0.05) is 29.8 Å². The van der Waals surface area contributed by atoms with Crippen LogP contribution in [0.4, 0.5) is 0 Å². The number of benzene rings is 3. The summed E-state index contributed by atoms with van der Waals surface area (Å²) in [6.45, 7) is 1.69. The molecule has 4 rings (SSSR count). The molecule has 3 aromatic carbocycles. The standard InChI is InChI=1S/C22H17ClN2O4/c1-12-6-7-15(9-16(12)21(26)27)29-22-24-19-10-17(18(23)11-20(19)25-22)13-4-3-5-14(8-13)28-2/h3-11H,1-2H3,(H,24,25)(H,26,27)/p-1. The fourth-order valence-corrected chi connectivity index (χ4v) is 3.34. The fraction of sp³-hybridized carbons (Fsp3) is 0.0909. The van der Waals surface area contributed by atoms with Gasteiger partial charge in [-0.2, -0.15) is 4.98 Å². The SMILES string of the molecule is COc1cccc(-c2cc3nc(Oc4ccc(C)c(C(=O)[O-])c4)[nH]c3cc2Cl)c1. The number of methoxy groups -OCH3 is 1. The average Bonchev–Trinajstić information content (AvgIpc) is 3.09. The van der Waals surface area contributed by atoms with Gasteiger partial charge < -0.3 is 24.4 Å². The van der Waals surface area contributed by atoms with E-state index in [9.17, 15) is 9.90 Å². The van der Waals surface area contributed by atoms with Crippen molar-refractivity contribution in [2.75, 3.05) is 7.11 Å². The molecule has 146 valence electrons. The summed E-state index contributed by atoms with van der Waals surface area (Å²) in [6.07, 6.45) is 0. The van der Waals surface area contributed by atoms with E-state index in [1.165, 1.54) is 6.07 Å². The molecule has 0 fully saturated rings. The summed E-state index contributed by atoms with van der Waals surface area (Å²) < 4.78 is 11.0. The number of hydrogen-bond acceptors (Lipinski definition) is 5. The molecule has 0 radical (unpaired) electrons. The first-order chi connectivity index (χ1) is 13.9. The number of halogens is 1. The minimum Gasteiger partial charge on any atom is -0.545 e. The van der Waals surface area contributed by atoms with E-state index < -0.39 is 5.97 Å². The molecule has 0 bridgehead atoms. The Balaban J connectivity index is 1.70. The van der Waals surface area contributed by atoms with Crippen LogP contribution in [-0.4, -0.2) is 23.0 Å². The molecule has 4 aromatic rings. The number of aromatic carboxylic acids is 1. The highest BCUT2D eigenvalue weighted by molar-refractivity contribution is 6.34. The molecule has 0 unspecified atom stereocenters. The van der Waals surface area contributed by atoms with Gasteiger partial charge in [0.1, 0.15) is 11.5 Å². The average molecular weight is 408 g/mol. The van der Waals surface area contributed by atoms with E-state index in [0.29, 0.717) is 27.4 Å². The van der Waals surface area contributed by atoms with Crippen LogP contribution in [0, 0.1) is 6.92 Å². The van der Waals surface area contributed by atoms with Crippen LogP contribution in [0.25, 0.3) is 22.2 Å². The first-order valence-corrected chi connectivity index (χ1v) is 9.16. The van der Waals surface area contributed by atoms with Gasteiger partial charge in [0, 0.05) is 11.1 Å². The van der Waals surface area contributed by atoms with E-state index in [1.54, 1.807) is 32.2 Å². The second-order valence-corrected chi connectivity index (χ2v) is 6.90. The van der Waals surface area contributed by atoms with Crippen molar-refractivity contribution in [2.24, 2.45) is 0 Å². The van der Waals surface area contributed by atoms with Crippen LogP contribution in [0.3, 0.4) is 0 Å². The summed E-state index contributed by atoms with van der Waals surface area (Å²) in [5.41, 5.74) is 3.74. The van der Waals surface area contributed by atoms with Gasteiger partial charge in [0.2, 0.25) is 0 Å². The summed E-state index contributed by atoms with van der Waals surface area (Å²) in [5, 5.41) is 11.8. The highest BCUT2D eigenvalue weighted by Gasteiger charge is 2.12. The van der Waals surface area contributed by atoms with E-state index in [-0.39, 0.29) is 11.6 Å². The van der Waals surface area contributed by atoms with Crippen molar-refractivity contribution >= 4 is 28.6 Å². The number of carbonyl (C=O) groups excluding carboxylic acids is 1. The van der Waals surface area contributed by atoms with Crippen LogP contribution in [0.2, 0.25) is 5.02 Å². The van der Waals surface area contributed by atoms with Gasteiger partial charge in [-0.3, -0.25) is 0 Å². The molecule has 0 aliphatic rings. The molecule has 0 amide bonds. The molecule has 0 saturated carbocycles. The Morgan fingerprint density at radius 3 is 2.69 bits per heavy atom. The number of aryl methyl sites for hydroxylation is 1. The number of nitrogens with one attached hydrogen (secondary N) is 1. The molecule has 0 aliphatic carbocycles. The molecule has 1 N–H and O–H groups in total. The molecule has 1 aromatic heterocycles.